The predicted octanol–water partition coefficient (Wildman–Crippen LogP) is 3.90. The molecule has 0 bridgehead atoms. The van der Waals surface area contributed by atoms with Crippen molar-refractivity contribution in [3.8, 4) is 0 Å². The monoisotopic (exact) mass is 382 g/mol. The molecule has 0 aliphatic carbocycles. The van der Waals surface area contributed by atoms with Gasteiger partial charge in [0.15, 0.2) is 0 Å². The first kappa shape index (κ1) is 19.8. The standard InChI is InChI=1S/C23H30O3Si/c1-18-15-16-22(24)26-21(18)17-25-27(23(2,3)4,19-11-7-5-8-12-19)20-13-9-6-10-14-20/h5-14,18,21H,15-17H2,1-4H3/t18-,21+/m1/s1. The van der Waals surface area contributed by atoms with Gasteiger partial charge in [-0.15, -0.1) is 0 Å². The Balaban J connectivity index is 2.03. The highest BCUT2D eigenvalue weighted by molar-refractivity contribution is 6.99. The fraction of sp³-hybridized carbons (Fsp3) is 0.435. The second-order valence-corrected chi connectivity index (χ2v) is 12.8. The van der Waals surface area contributed by atoms with Gasteiger partial charge in [0.05, 0.1) is 6.61 Å². The van der Waals surface area contributed by atoms with Gasteiger partial charge >= 0.3 is 5.97 Å². The molecule has 0 spiro atoms. The van der Waals surface area contributed by atoms with Gasteiger partial charge in [-0.3, -0.25) is 4.79 Å². The number of rotatable bonds is 5. The molecule has 1 aliphatic rings. The number of cyclic esters (lactones) is 1. The molecule has 27 heavy (non-hydrogen) atoms. The summed E-state index contributed by atoms with van der Waals surface area (Å²) < 4.78 is 12.5. The second kappa shape index (κ2) is 7.99. The van der Waals surface area contributed by atoms with Gasteiger partial charge in [0, 0.05) is 6.42 Å². The van der Waals surface area contributed by atoms with Gasteiger partial charge in [-0.25, -0.2) is 0 Å². The minimum Gasteiger partial charge on any atom is -0.460 e. The molecule has 0 radical (unpaired) electrons. The van der Waals surface area contributed by atoms with Gasteiger partial charge in [-0.1, -0.05) is 88.4 Å². The Hall–Kier alpha value is -1.91. The zero-order chi connectivity index (χ0) is 19.5. The fourth-order valence-corrected chi connectivity index (χ4v) is 8.61. The van der Waals surface area contributed by atoms with Crippen LogP contribution < -0.4 is 10.4 Å². The van der Waals surface area contributed by atoms with E-state index in [4.69, 9.17) is 9.16 Å². The van der Waals surface area contributed by atoms with Crippen molar-refractivity contribution in [2.75, 3.05) is 6.61 Å². The molecule has 2 atom stereocenters. The Labute approximate surface area is 163 Å². The van der Waals surface area contributed by atoms with Crippen LogP contribution in [0.3, 0.4) is 0 Å². The minimum atomic E-state index is -2.58. The van der Waals surface area contributed by atoms with E-state index >= 15 is 0 Å². The van der Waals surface area contributed by atoms with E-state index in [1.807, 2.05) is 12.1 Å². The van der Waals surface area contributed by atoms with Crippen molar-refractivity contribution < 1.29 is 14.0 Å². The summed E-state index contributed by atoms with van der Waals surface area (Å²) >= 11 is 0. The minimum absolute atomic E-state index is 0.0718. The van der Waals surface area contributed by atoms with Crippen molar-refractivity contribution in [1.82, 2.24) is 0 Å². The van der Waals surface area contributed by atoms with Crippen LogP contribution >= 0.6 is 0 Å². The molecule has 3 nitrogen and oxygen atoms in total. The number of hydrogen-bond donors (Lipinski definition) is 0. The van der Waals surface area contributed by atoms with E-state index in [1.165, 1.54) is 10.4 Å². The van der Waals surface area contributed by atoms with Crippen molar-refractivity contribution in [3.63, 3.8) is 0 Å². The van der Waals surface area contributed by atoms with E-state index in [1.54, 1.807) is 0 Å². The van der Waals surface area contributed by atoms with Crippen LogP contribution in [0.5, 0.6) is 0 Å². The second-order valence-electron chi connectivity index (χ2n) is 8.52. The molecule has 0 aromatic heterocycles. The number of carbonyl (C=O) groups is 1. The third kappa shape index (κ3) is 4.02. The van der Waals surface area contributed by atoms with E-state index < -0.39 is 8.32 Å². The van der Waals surface area contributed by atoms with Crippen LogP contribution in [-0.4, -0.2) is 27.0 Å². The molecule has 144 valence electrons. The fourth-order valence-electron chi connectivity index (χ4n) is 4.04. The maximum absolute atomic E-state index is 11.8. The van der Waals surface area contributed by atoms with Crippen LogP contribution in [0.1, 0.15) is 40.5 Å². The molecule has 0 unspecified atom stereocenters. The van der Waals surface area contributed by atoms with E-state index in [9.17, 15) is 4.79 Å². The molecule has 1 aliphatic heterocycles. The van der Waals surface area contributed by atoms with E-state index in [0.29, 0.717) is 18.9 Å². The Morgan fingerprint density at radius 1 is 1.00 bits per heavy atom. The zero-order valence-electron chi connectivity index (χ0n) is 16.8. The first-order chi connectivity index (χ1) is 12.8. The first-order valence-corrected chi connectivity index (χ1v) is 11.7. The Bertz CT molecular complexity index is 713. The predicted molar refractivity (Wildman–Crippen MR) is 112 cm³/mol. The van der Waals surface area contributed by atoms with E-state index in [2.05, 4.69) is 76.2 Å². The van der Waals surface area contributed by atoms with Crippen LogP contribution in [0.2, 0.25) is 5.04 Å². The van der Waals surface area contributed by atoms with Crippen molar-refractivity contribution in [2.24, 2.45) is 5.92 Å². The highest BCUT2D eigenvalue weighted by atomic mass is 28.4. The van der Waals surface area contributed by atoms with Crippen molar-refractivity contribution in [1.29, 1.82) is 0 Å². The molecule has 1 fully saturated rings. The SMILES string of the molecule is C[C@@H]1CCC(=O)O[C@H]1CO[Si](c1ccccc1)(c1ccccc1)C(C)(C)C. The molecule has 0 amide bonds. The lowest BCUT2D eigenvalue weighted by molar-refractivity contribution is -0.160. The lowest BCUT2D eigenvalue weighted by Gasteiger charge is -2.44. The molecule has 4 heteroatoms. The summed E-state index contributed by atoms with van der Waals surface area (Å²) in [4.78, 5) is 11.8. The molecule has 1 heterocycles. The number of benzene rings is 2. The molecule has 0 saturated carbocycles. The third-order valence-electron chi connectivity index (χ3n) is 5.60. The Morgan fingerprint density at radius 2 is 1.52 bits per heavy atom. The highest BCUT2D eigenvalue weighted by Crippen LogP contribution is 2.37. The molecular formula is C23H30O3Si. The normalized spacial score (nSPS) is 21.0. The topological polar surface area (TPSA) is 35.5 Å². The summed E-state index contributed by atoms with van der Waals surface area (Å²) in [5.74, 6) is 0.213. The maximum Gasteiger partial charge on any atom is 0.306 e. The molecule has 2 aromatic carbocycles. The average Bonchev–Trinajstić information content (AvgIpc) is 2.65. The molecular weight excluding hydrogens is 352 g/mol. The molecule has 2 aromatic rings. The van der Waals surface area contributed by atoms with Gasteiger partial charge in [0.25, 0.3) is 8.32 Å². The van der Waals surface area contributed by atoms with Gasteiger partial charge in [-0.2, -0.15) is 0 Å². The lowest BCUT2D eigenvalue weighted by atomic mass is 9.97. The summed E-state index contributed by atoms with van der Waals surface area (Å²) in [6.45, 7) is 9.37. The lowest BCUT2D eigenvalue weighted by Crippen LogP contribution is -2.67. The van der Waals surface area contributed by atoms with Crippen LogP contribution in [0, 0.1) is 5.92 Å². The van der Waals surface area contributed by atoms with Gasteiger partial charge in [-0.05, 0) is 27.8 Å². The summed E-state index contributed by atoms with van der Waals surface area (Å²) in [6.07, 6.45) is 1.21. The van der Waals surface area contributed by atoms with Crippen LogP contribution in [-0.2, 0) is 14.0 Å². The number of hydrogen-bond acceptors (Lipinski definition) is 3. The molecule has 3 rings (SSSR count). The average molecular weight is 383 g/mol. The van der Waals surface area contributed by atoms with Crippen LogP contribution in [0.15, 0.2) is 60.7 Å². The highest BCUT2D eigenvalue weighted by Gasteiger charge is 2.50. The van der Waals surface area contributed by atoms with E-state index in [0.717, 1.165) is 6.42 Å². The quantitative estimate of drug-likeness (QED) is 0.581. The van der Waals surface area contributed by atoms with Crippen molar-refractivity contribution in [3.05, 3.63) is 60.7 Å². The van der Waals surface area contributed by atoms with Crippen molar-refractivity contribution in [2.45, 2.75) is 51.7 Å². The molecule has 0 N–H and O–H groups in total. The van der Waals surface area contributed by atoms with Gasteiger partial charge < -0.3 is 9.16 Å². The number of ether oxygens (including phenoxy) is 1. The summed E-state index contributed by atoms with van der Waals surface area (Å²) in [5, 5.41) is 2.43. The molecule has 1 saturated heterocycles. The summed E-state index contributed by atoms with van der Waals surface area (Å²) in [6, 6.07) is 21.1. The van der Waals surface area contributed by atoms with Gasteiger partial charge in [0.1, 0.15) is 6.10 Å². The smallest absolute Gasteiger partial charge is 0.306 e. The first-order valence-electron chi connectivity index (χ1n) is 9.79. The maximum atomic E-state index is 11.8. The van der Waals surface area contributed by atoms with E-state index in [-0.39, 0.29) is 17.1 Å². The summed E-state index contributed by atoms with van der Waals surface area (Å²) in [7, 11) is -2.58. The zero-order valence-corrected chi connectivity index (χ0v) is 17.8. The number of esters is 1. The van der Waals surface area contributed by atoms with Gasteiger partial charge in [0.2, 0.25) is 0 Å². The Kier molecular flexibility index (Phi) is 5.87. The van der Waals surface area contributed by atoms with Crippen LogP contribution in [0.4, 0.5) is 0 Å². The summed E-state index contributed by atoms with van der Waals surface area (Å²) in [5.41, 5.74) is 0. The largest absolute Gasteiger partial charge is 0.460 e. The van der Waals surface area contributed by atoms with Crippen molar-refractivity contribution >= 4 is 24.7 Å². The Morgan fingerprint density at radius 3 is 2.00 bits per heavy atom. The third-order valence-corrected chi connectivity index (χ3v) is 10.6. The van der Waals surface area contributed by atoms with Crippen LogP contribution in [0.25, 0.3) is 0 Å². The number of carbonyl (C=O) groups excluding carboxylic acids is 1.